The van der Waals surface area contributed by atoms with Gasteiger partial charge in [0.2, 0.25) is 11.7 Å². The predicted octanol–water partition coefficient (Wildman–Crippen LogP) is 0.679. The molecule has 0 spiro atoms. The van der Waals surface area contributed by atoms with Crippen molar-refractivity contribution in [3.8, 4) is 5.88 Å². The molecular weight excluding hydrogens is 156 g/mol. The number of pyridine rings is 1. The topological polar surface area (TPSA) is 63.0 Å². The monoisotopic (exact) mass is 164 g/mol. The first kappa shape index (κ1) is 8.39. The fraction of sp³-hybridized carbons (Fsp3) is 0.125. The van der Waals surface area contributed by atoms with E-state index in [2.05, 4.69) is 4.98 Å². The SMILES string of the molecule is N=CC(=O)COc1ccccn1. The number of rotatable bonds is 4. The minimum atomic E-state index is -0.374. The van der Waals surface area contributed by atoms with Gasteiger partial charge in [-0.05, 0) is 6.07 Å². The lowest BCUT2D eigenvalue weighted by Gasteiger charge is -1.99. The van der Waals surface area contributed by atoms with E-state index in [1.54, 1.807) is 24.4 Å². The first-order chi connectivity index (χ1) is 5.83. The molecule has 12 heavy (non-hydrogen) atoms. The van der Waals surface area contributed by atoms with Gasteiger partial charge >= 0.3 is 0 Å². The molecular formula is C8H8N2O2. The summed E-state index contributed by atoms with van der Waals surface area (Å²) in [5.41, 5.74) is 0. The lowest BCUT2D eigenvalue weighted by atomic mass is 10.4. The van der Waals surface area contributed by atoms with E-state index in [1.165, 1.54) is 0 Å². The molecule has 1 aromatic heterocycles. The Morgan fingerprint density at radius 3 is 3.08 bits per heavy atom. The van der Waals surface area contributed by atoms with E-state index in [0.29, 0.717) is 5.88 Å². The largest absolute Gasteiger partial charge is 0.469 e. The molecule has 4 heteroatoms. The summed E-state index contributed by atoms with van der Waals surface area (Å²) in [6.07, 6.45) is 2.30. The fourth-order valence-corrected chi connectivity index (χ4v) is 0.619. The lowest BCUT2D eigenvalue weighted by molar-refractivity contribution is -0.114. The van der Waals surface area contributed by atoms with E-state index < -0.39 is 0 Å². The zero-order chi connectivity index (χ0) is 8.81. The molecule has 1 heterocycles. The Bertz CT molecular complexity index is 272. The maximum Gasteiger partial charge on any atom is 0.213 e. The van der Waals surface area contributed by atoms with Gasteiger partial charge in [0.05, 0.1) is 6.21 Å². The van der Waals surface area contributed by atoms with Crippen LogP contribution < -0.4 is 4.74 Å². The number of carbonyl (C=O) groups is 1. The van der Waals surface area contributed by atoms with Crippen molar-refractivity contribution in [3.05, 3.63) is 24.4 Å². The van der Waals surface area contributed by atoms with E-state index in [9.17, 15) is 4.79 Å². The molecule has 0 unspecified atom stereocenters. The van der Waals surface area contributed by atoms with Crippen LogP contribution in [0.5, 0.6) is 5.88 Å². The average molecular weight is 164 g/mol. The summed E-state index contributed by atoms with van der Waals surface area (Å²) in [6.45, 7) is -0.124. The van der Waals surface area contributed by atoms with Crippen LogP contribution in [0.2, 0.25) is 0 Å². The molecule has 0 radical (unpaired) electrons. The molecule has 0 fully saturated rings. The third-order valence-electron chi connectivity index (χ3n) is 1.16. The minimum absolute atomic E-state index is 0.124. The summed E-state index contributed by atoms with van der Waals surface area (Å²) in [4.78, 5) is 14.4. The average Bonchev–Trinajstić information content (AvgIpc) is 2.16. The van der Waals surface area contributed by atoms with Crippen molar-refractivity contribution < 1.29 is 9.53 Å². The maximum absolute atomic E-state index is 10.6. The number of ketones is 1. The Morgan fingerprint density at radius 2 is 2.50 bits per heavy atom. The molecule has 1 N–H and O–H groups in total. The Kier molecular flexibility index (Phi) is 2.95. The molecule has 0 aromatic carbocycles. The van der Waals surface area contributed by atoms with Gasteiger partial charge in [0.15, 0.2) is 6.61 Å². The van der Waals surface area contributed by atoms with Crippen molar-refractivity contribution in [3.63, 3.8) is 0 Å². The molecule has 1 aromatic rings. The summed E-state index contributed by atoms with van der Waals surface area (Å²) in [7, 11) is 0. The van der Waals surface area contributed by atoms with E-state index in [0.717, 1.165) is 6.21 Å². The number of aromatic nitrogens is 1. The molecule has 0 aliphatic carbocycles. The van der Waals surface area contributed by atoms with E-state index >= 15 is 0 Å². The van der Waals surface area contributed by atoms with E-state index in [1.807, 2.05) is 0 Å². The van der Waals surface area contributed by atoms with Crippen molar-refractivity contribution in [1.82, 2.24) is 4.98 Å². The standard InChI is InChI=1S/C8H8N2O2/c9-5-7(11)6-12-8-3-1-2-4-10-8/h1-5,9H,6H2. The Hall–Kier alpha value is -1.71. The van der Waals surface area contributed by atoms with Crippen LogP contribution in [0.4, 0.5) is 0 Å². The van der Waals surface area contributed by atoms with E-state index in [-0.39, 0.29) is 12.4 Å². The van der Waals surface area contributed by atoms with Crippen LogP contribution in [0.25, 0.3) is 0 Å². The van der Waals surface area contributed by atoms with Gasteiger partial charge in [-0.15, -0.1) is 0 Å². The molecule has 0 aliphatic rings. The van der Waals surface area contributed by atoms with Gasteiger partial charge in [0.25, 0.3) is 0 Å². The zero-order valence-corrected chi connectivity index (χ0v) is 6.36. The van der Waals surface area contributed by atoms with Crippen molar-refractivity contribution in [2.24, 2.45) is 0 Å². The summed E-state index contributed by atoms with van der Waals surface area (Å²) < 4.78 is 4.95. The van der Waals surface area contributed by atoms with Crippen LogP contribution in [0.3, 0.4) is 0 Å². The van der Waals surface area contributed by atoms with Gasteiger partial charge in [0.1, 0.15) is 0 Å². The van der Waals surface area contributed by atoms with Crippen molar-refractivity contribution in [1.29, 1.82) is 5.41 Å². The summed E-state index contributed by atoms with van der Waals surface area (Å²) in [5, 5.41) is 6.60. The highest BCUT2D eigenvalue weighted by Gasteiger charge is 1.97. The second-order valence-corrected chi connectivity index (χ2v) is 2.07. The normalized spacial score (nSPS) is 9.00. The molecule has 1 rings (SSSR count). The number of ether oxygens (including phenoxy) is 1. The smallest absolute Gasteiger partial charge is 0.213 e. The van der Waals surface area contributed by atoms with Crippen molar-refractivity contribution in [2.45, 2.75) is 0 Å². The summed E-state index contributed by atoms with van der Waals surface area (Å²) in [5.74, 6) is 0.0216. The van der Waals surface area contributed by atoms with Gasteiger partial charge in [-0.2, -0.15) is 0 Å². The molecule has 0 bridgehead atoms. The summed E-state index contributed by atoms with van der Waals surface area (Å²) >= 11 is 0. The number of hydrogen-bond donors (Lipinski definition) is 1. The number of Topliss-reactive ketones (excluding diaryl/α,β-unsaturated/α-hetero) is 1. The first-order valence-corrected chi connectivity index (χ1v) is 3.40. The molecule has 0 aliphatic heterocycles. The third-order valence-corrected chi connectivity index (χ3v) is 1.16. The van der Waals surface area contributed by atoms with E-state index in [4.69, 9.17) is 10.1 Å². The lowest BCUT2D eigenvalue weighted by Crippen LogP contribution is -2.11. The van der Waals surface area contributed by atoms with Crippen LogP contribution in [-0.2, 0) is 4.79 Å². The predicted molar refractivity (Wildman–Crippen MR) is 43.5 cm³/mol. The van der Waals surface area contributed by atoms with Gasteiger partial charge in [-0.3, -0.25) is 4.79 Å². The summed E-state index contributed by atoms with van der Waals surface area (Å²) in [6, 6.07) is 5.17. The molecule has 0 atom stereocenters. The number of carbonyl (C=O) groups excluding carboxylic acids is 1. The van der Waals surface area contributed by atoms with Gasteiger partial charge in [-0.1, -0.05) is 6.07 Å². The van der Waals surface area contributed by atoms with Gasteiger partial charge in [0, 0.05) is 12.3 Å². The fourth-order valence-electron chi connectivity index (χ4n) is 0.619. The molecule has 0 saturated carbocycles. The zero-order valence-electron chi connectivity index (χ0n) is 6.36. The highest BCUT2D eigenvalue weighted by Crippen LogP contribution is 2.01. The van der Waals surface area contributed by atoms with Crippen LogP contribution in [0, 0.1) is 5.41 Å². The Balaban J connectivity index is 2.43. The number of nitrogens with zero attached hydrogens (tertiary/aromatic N) is 1. The van der Waals surface area contributed by atoms with Gasteiger partial charge in [-0.25, -0.2) is 4.98 Å². The highest BCUT2D eigenvalue weighted by atomic mass is 16.5. The molecule has 4 nitrogen and oxygen atoms in total. The second kappa shape index (κ2) is 4.23. The third kappa shape index (κ3) is 2.49. The first-order valence-electron chi connectivity index (χ1n) is 3.40. The highest BCUT2D eigenvalue weighted by molar-refractivity contribution is 6.26. The molecule has 0 saturated heterocycles. The molecule has 62 valence electrons. The Labute approximate surface area is 69.7 Å². The minimum Gasteiger partial charge on any atom is -0.469 e. The number of nitrogens with one attached hydrogen (secondary N) is 1. The molecule has 0 amide bonds. The van der Waals surface area contributed by atoms with Crippen molar-refractivity contribution >= 4 is 12.0 Å². The van der Waals surface area contributed by atoms with Crippen LogP contribution in [-0.4, -0.2) is 23.6 Å². The van der Waals surface area contributed by atoms with Crippen LogP contribution in [0.15, 0.2) is 24.4 Å². The van der Waals surface area contributed by atoms with Crippen LogP contribution >= 0.6 is 0 Å². The Morgan fingerprint density at radius 1 is 1.67 bits per heavy atom. The quantitative estimate of drug-likeness (QED) is 0.665. The number of hydrogen-bond acceptors (Lipinski definition) is 4. The van der Waals surface area contributed by atoms with Crippen molar-refractivity contribution in [2.75, 3.05) is 6.61 Å². The van der Waals surface area contributed by atoms with Crippen LogP contribution in [0.1, 0.15) is 0 Å². The second-order valence-electron chi connectivity index (χ2n) is 2.07. The maximum atomic E-state index is 10.6. The van der Waals surface area contributed by atoms with Gasteiger partial charge < -0.3 is 10.1 Å².